The van der Waals surface area contributed by atoms with Crippen LogP contribution in [0.4, 0.5) is 5.69 Å². The lowest BCUT2D eigenvalue weighted by Crippen LogP contribution is -2.48. The van der Waals surface area contributed by atoms with Crippen LogP contribution in [0, 0.1) is 10.1 Å². The van der Waals surface area contributed by atoms with Crippen LogP contribution in [0.15, 0.2) is 18.2 Å². The summed E-state index contributed by atoms with van der Waals surface area (Å²) in [6.07, 6.45) is 1.69. The van der Waals surface area contributed by atoms with Crippen molar-refractivity contribution in [1.29, 1.82) is 0 Å². The second kappa shape index (κ2) is 6.09. The summed E-state index contributed by atoms with van der Waals surface area (Å²) in [5, 5.41) is 20.2. The zero-order valence-corrected chi connectivity index (χ0v) is 11.7. The van der Waals surface area contributed by atoms with Gasteiger partial charge in [0, 0.05) is 12.6 Å². The van der Waals surface area contributed by atoms with Crippen molar-refractivity contribution in [3.8, 4) is 0 Å². The summed E-state index contributed by atoms with van der Waals surface area (Å²) < 4.78 is 0. The third-order valence-electron chi connectivity index (χ3n) is 3.45. The normalized spacial score (nSPS) is 18.3. The summed E-state index contributed by atoms with van der Waals surface area (Å²) in [6.45, 7) is 0.248. The highest BCUT2D eigenvalue weighted by atomic mass is 35.5. The van der Waals surface area contributed by atoms with Gasteiger partial charge in [-0.3, -0.25) is 14.9 Å². The number of carbonyl (C=O) groups excluding carboxylic acids is 1. The molecule has 0 radical (unpaired) electrons. The van der Waals surface area contributed by atoms with E-state index in [9.17, 15) is 24.8 Å². The van der Waals surface area contributed by atoms with Crippen LogP contribution in [0.25, 0.3) is 0 Å². The molecule has 0 spiro atoms. The van der Waals surface area contributed by atoms with Crippen LogP contribution in [-0.2, 0) is 4.79 Å². The van der Waals surface area contributed by atoms with Crippen LogP contribution in [0.2, 0.25) is 5.02 Å². The Kier molecular flexibility index (Phi) is 4.42. The SMILES string of the molecule is O=C(O)C1CCCCN1C(=O)c1c(Cl)cccc1[N+](=O)[O-]. The molecule has 1 aliphatic rings. The Morgan fingerprint density at radius 3 is 2.71 bits per heavy atom. The van der Waals surface area contributed by atoms with Gasteiger partial charge in [-0.05, 0) is 25.3 Å². The van der Waals surface area contributed by atoms with Gasteiger partial charge in [-0.2, -0.15) is 0 Å². The number of carbonyl (C=O) groups is 2. The minimum absolute atomic E-state index is 0.0519. The highest BCUT2D eigenvalue weighted by Crippen LogP contribution is 2.30. The van der Waals surface area contributed by atoms with Gasteiger partial charge in [-0.15, -0.1) is 0 Å². The zero-order valence-electron chi connectivity index (χ0n) is 11.0. The summed E-state index contributed by atoms with van der Waals surface area (Å²) in [7, 11) is 0. The fourth-order valence-corrected chi connectivity index (χ4v) is 2.70. The predicted octanol–water partition coefficient (Wildman–Crippen LogP) is 2.33. The van der Waals surface area contributed by atoms with Crippen LogP contribution in [-0.4, -0.2) is 39.4 Å². The number of nitro groups is 1. The molecular weight excluding hydrogens is 300 g/mol. The lowest BCUT2D eigenvalue weighted by Gasteiger charge is -2.33. The molecule has 1 aliphatic heterocycles. The number of carboxylic acid groups (broad SMARTS) is 1. The lowest BCUT2D eigenvalue weighted by atomic mass is 10.0. The Morgan fingerprint density at radius 1 is 1.38 bits per heavy atom. The summed E-state index contributed by atoms with van der Waals surface area (Å²) in [6, 6.07) is 2.96. The van der Waals surface area contributed by atoms with Crippen LogP contribution in [0.3, 0.4) is 0 Å². The number of hydrogen-bond acceptors (Lipinski definition) is 4. The molecule has 21 heavy (non-hydrogen) atoms. The Balaban J connectivity index is 2.44. The fourth-order valence-electron chi connectivity index (χ4n) is 2.45. The number of nitro benzene ring substituents is 1. The molecule has 0 aromatic heterocycles. The van der Waals surface area contributed by atoms with Gasteiger partial charge in [-0.25, -0.2) is 4.79 Å². The Labute approximate surface area is 125 Å². The minimum atomic E-state index is -1.11. The van der Waals surface area contributed by atoms with Crippen molar-refractivity contribution in [1.82, 2.24) is 4.90 Å². The summed E-state index contributed by atoms with van der Waals surface area (Å²) in [4.78, 5) is 35.3. The van der Waals surface area contributed by atoms with Gasteiger partial charge in [0.2, 0.25) is 0 Å². The monoisotopic (exact) mass is 312 g/mol. The van der Waals surface area contributed by atoms with Gasteiger partial charge in [0.1, 0.15) is 11.6 Å². The maximum absolute atomic E-state index is 12.5. The molecule has 0 saturated carbocycles. The van der Waals surface area contributed by atoms with Crippen LogP contribution in [0.1, 0.15) is 29.6 Å². The van der Waals surface area contributed by atoms with Gasteiger partial charge < -0.3 is 10.0 Å². The Hall–Kier alpha value is -2.15. The van der Waals surface area contributed by atoms with E-state index in [1.807, 2.05) is 0 Å². The van der Waals surface area contributed by atoms with E-state index in [-0.39, 0.29) is 17.1 Å². The number of benzene rings is 1. The molecule has 1 amide bonds. The molecule has 1 heterocycles. The molecule has 1 aromatic rings. The highest BCUT2D eigenvalue weighted by molar-refractivity contribution is 6.34. The molecule has 0 aliphatic carbocycles. The quantitative estimate of drug-likeness (QED) is 0.682. The van der Waals surface area contributed by atoms with Crippen molar-refractivity contribution < 1.29 is 19.6 Å². The first-order chi connectivity index (χ1) is 9.93. The van der Waals surface area contributed by atoms with Gasteiger partial charge in [-0.1, -0.05) is 17.7 Å². The molecule has 7 nitrogen and oxygen atoms in total. The molecule has 1 fully saturated rings. The van der Waals surface area contributed by atoms with Crippen molar-refractivity contribution in [3.05, 3.63) is 38.9 Å². The molecule has 112 valence electrons. The van der Waals surface area contributed by atoms with Crippen molar-refractivity contribution in [3.63, 3.8) is 0 Å². The molecule has 1 unspecified atom stereocenters. The molecular formula is C13H13ClN2O5. The minimum Gasteiger partial charge on any atom is -0.480 e. The van der Waals surface area contributed by atoms with Crippen LogP contribution in [0.5, 0.6) is 0 Å². The lowest BCUT2D eigenvalue weighted by molar-refractivity contribution is -0.385. The maximum Gasteiger partial charge on any atom is 0.326 e. The zero-order chi connectivity index (χ0) is 15.6. The second-order valence-corrected chi connectivity index (χ2v) is 5.15. The number of rotatable bonds is 3. The number of piperidine rings is 1. The maximum atomic E-state index is 12.5. The summed E-state index contributed by atoms with van der Waals surface area (Å²) in [5.74, 6) is -1.82. The molecule has 1 N–H and O–H groups in total. The highest BCUT2D eigenvalue weighted by Gasteiger charge is 2.36. The number of hydrogen-bond donors (Lipinski definition) is 1. The Bertz CT molecular complexity index is 604. The number of amides is 1. The van der Waals surface area contributed by atoms with Crippen LogP contribution < -0.4 is 0 Å². The van der Waals surface area contributed by atoms with E-state index in [0.29, 0.717) is 19.3 Å². The standard InChI is InChI=1S/C13H13ClN2O5/c14-8-4-3-6-9(16(20)21)11(8)12(17)15-7-2-1-5-10(15)13(18)19/h3-4,6,10H,1-2,5,7H2,(H,18,19). The van der Waals surface area contributed by atoms with E-state index in [0.717, 1.165) is 4.90 Å². The molecule has 8 heteroatoms. The average molecular weight is 313 g/mol. The van der Waals surface area contributed by atoms with Crippen molar-refractivity contribution in [2.45, 2.75) is 25.3 Å². The number of carboxylic acids is 1. The van der Waals surface area contributed by atoms with Crippen molar-refractivity contribution in [2.75, 3.05) is 6.54 Å². The van der Waals surface area contributed by atoms with E-state index < -0.39 is 28.5 Å². The first-order valence-electron chi connectivity index (χ1n) is 6.40. The largest absolute Gasteiger partial charge is 0.480 e. The van der Waals surface area contributed by atoms with Gasteiger partial charge in [0.25, 0.3) is 11.6 Å². The van der Waals surface area contributed by atoms with Gasteiger partial charge in [0.05, 0.1) is 9.95 Å². The topological polar surface area (TPSA) is 101 Å². The van der Waals surface area contributed by atoms with Crippen molar-refractivity contribution in [2.24, 2.45) is 0 Å². The molecule has 2 rings (SSSR count). The first-order valence-corrected chi connectivity index (χ1v) is 6.78. The van der Waals surface area contributed by atoms with Crippen molar-refractivity contribution >= 4 is 29.2 Å². The second-order valence-electron chi connectivity index (χ2n) is 4.74. The smallest absolute Gasteiger partial charge is 0.326 e. The molecule has 1 atom stereocenters. The molecule has 1 saturated heterocycles. The third-order valence-corrected chi connectivity index (χ3v) is 3.77. The summed E-state index contributed by atoms with van der Waals surface area (Å²) >= 11 is 5.92. The van der Waals surface area contributed by atoms with E-state index in [1.165, 1.54) is 18.2 Å². The van der Waals surface area contributed by atoms with E-state index in [2.05, 4.69) is 0 Å². The fraction of sp³-hybridized carbons (Fsp3) is 0.385. The third kappa shape index (κ3) is 2.97. The van der Waals surface area contributed by atoms with Gasteiger partial charge >= 0.3 is 5.97 Å². The number of likely N-dealkylation sites (tertiary alicyclic amines) is 1. The number of halogens is 1. The van der Waals surface area contributed by atoms with E-state index in [4.69, 9.17) is 11.6 Å². The van der Waals surface area contributed by atoms with Crippen LogP contribution >= 0.6 is 11.6 Å². The summed E-state index contributed by atoms with van der Waals surface area (Å²) in [5.41, 5.74) is -0.667. The Morgan fingerprint density at radius 2 is 2.10 bits per heavy atom. The van der Waals surface area contributed by atoms with E-state index >= 15 is 0 Å². The molecule has 1 aromatic carbocycles. The first kappa shape index (κ1) is 15.2. The average Bonchev–Trinajstić information content (AvgIpc) is 2.46. The van der Waals surface area contributed by atoms with E-state index in [1.54, 1.807) is 0 Å². The predicted molar refractivity (Wildman–Crippen MR) is 74.4 cm³/mol. The molecule has 0 bridgehead atoms. The van der Waals surface area contributed by atoms with Gasteiger partial charge in [0.15, 0.2) is 0 Å². The number of aliphatic carboxylic acids is 1. The number of nitrogens with zero attached hydrogens (tertiary/aromatic N) is 2.